The number of fused-ring (bicyclic) bond motifs is 3. The van der Waals surface area contributed by atoms with Crippen molar-refractivity contribution in [3.63, 3.8) is 0 Å². The normalized spacial score (nSPS) is 12.0. The van der Waals surface area contributed by atoms with Crippen molar-refractivity contribution in [2.45, 2.75) is 39.3 Å². The van der Waals surface area contributed by atoms with Crippen LogP contribution in [0.15, 0.2) is 41.4 Å². The number of rotatable bonds is 11. The van der Waals surface area contributed by atoms with E-state index >= 15 is 0 Å². The summed E-state index contributed by atoms with van der Waals surface area (Å²) in [5.74, 6) is 0.300. The molecule has 4 rings (SSSR count). The third-order valence-corrected chi connectivity index (χ3v) is 6.61. The summed E-state index contributed by atoms with van der Waals surface area (Å²) in [4.78, 5) is 60.7. The molecule has 0 aliphatic rings. The van der Waals surface area contributed by atoms with Crippen LogP contribution in [0.4, 0.5) is 5.82 Å². The van der Waals surface area contributed by atoms with E-state index in [2.05, 4.69) is 14.5 Å². The van der Waals surface area contributed by atoms with Gasteiger partial charge in [0.1, 0.15) is 22.8 Å². The van der Waals surface area contributed by atoms with Crippen LogP contribution >= 0.6 is 15.6 Å². The van der Waals surface area contributed by atoms with Gasteiger partial charge in [-0.05, 0) is 36.2 Å². The summed E-state index contributed by atoms with van der Waals surface area (Å²) < 4.78 is 34.4. The molecule has 0 saturated heterocycles. The van der Waals surface area contributed by atoms with Gasteiger partial charge in [-0.3, -0.25) is 19.6 Å². The number of pyridine rings is 1. The Morgan fingerprint density at radius 1 is 1.05 bits per heavy atom. The number of aromatic nitrogens is 3. The van der Waals surface area contributed by atoms with Gasteiger partial charge in [-0.25, -0.2) is 28.9 Å². The Kier molecular flexibility index (Phi) is 8.20. The summed E-state index contributed by atoms with van der Waals surface area (Å²) in [5.41, 5.74) is 8.63. The van der Waals surface area contributed by atoms with E-state index in [1.807, 2.05) is 6.92 Å². The van der Waals surface area contributed by atoms with Gasteiger partial charge in [0.25, 0.3) is 0 Å². The average molecular weight is 577 g/mol. The number of aliphatic imine (C=N–C) groups is 1. The first-order valence-corrected chi connectivity index (χ1v) is 14.7. The SMILES string of the molecule is CCCCc1nc2c(N)nc3cc(CN=C=O)ccc3c2n1Cc1cc(OP(=O)(O)O)ccc1OP(=O)(O)O. The molecule has 2 aromatic carbocycles. The van der Waals surface area contributed by atoms with Gasteiger partial charge in [0.05, 0.1) is 24.1 Å². The lowest BCUT2D eigenvalue weighted by Crippen LogP contribution is -2.08. The highest BCUT2D eigenvalue weighted by Gasteiger charge is 2.24. The largest absolute Gasteiger partial charge is 0.524 e. The summed E-state index contributed by atoms with van der Waals surface area (Å²) in [7, 11) is -9.91. The third-order valence-electron chi connectivity index (χ3n) is 5.73. The molecule has 14 nitrogen and oxygen atoms in total. The summed E-state index contributed by atoms with van der Waals surface area (Å²) in [5, 5.41) is 0.661. The molecule has 0 bridgehead atoms. The van der Waals surface area contributed by atoms with E-state index in [4.69, 9.17) is 15.2 Å². The van der Waals surface area contributed by atoms with Crippen molar-refractivity contribution in [3.05, 3.63) is 53.3 Å². The molecular formula is C23H25N5O9P2. The molecule has 0 unspecified atom stereocenters. The highest BCUT2D eigenvalue weighted by atomic mass is 31.2. The van der Waals surface area contributed by atoms with Crippen molar-refractivity contribution >= 4 is 49.5 Å². The van der Waals surface area contributed by atoms with Crippen molar-refractivity contribution in [2.24, 2.45) is 4.99 Å². The molecule has 0 aliphatic carbocycles. The Balaban J connectivity index is 1.95. The van der Waals surface area contributed by atoms with Crippen LogP contribution < -0.4 is 14.8 Å². The number of benzene rings is 2. The smallest absolute Gasteiger partial charge is 0.404 e. The number of nitrogens with two attached hydrogens (primary N) is 1. The lowest BCUT2D eigenvalue weighted by molar-refractivity contribution is 0.277. The number of imidazole rings is 1. The van der Waals surface area contributed by atoms with Crippen LogP contribution in [0.1, 0.15) is 36.7 Å². The van der Waals surface area contributed by atoms with E-state index in [1.54, 1.807) is 22.8 Å². The Hall–Kier alpha value is -3.60. The quantitative estimate of drug-likeness (QED) is 0.0984. The molecule has 2 aromatic heterocycles. The van der Waals surface area contributed by atoms with Gasteiger partial charge in [0.2, 0.25) is 6.08 Å². The lowest BCUT2D eigenvalue weighted by atomic mass is 10.1. The van der Waals surface area contributed by atoms with Crippen molar-refractivity contribution in [1.82, 2.24) is 14.5 Å². The Morgan fingerprint density at radius 2 is 1.79 bits per heavy atom. The minimum Gasteiger partial charge on any atom is -0.404 e. The van der Waals surface area contributed by atoms with Gasteiger partial charge in [-0.2, -0.15) is 0 Å². The van der Waals surface area contributed by atoms with Crippen molar-refractivity contribution in [2.75, 3.05) is 5.73 Å². The standard InChI is InChI=1S/C23H25N5O9P2/c1-2-3-4-20-27-21-22(17-7-5-14(11-25-13-29)9-18(17)26-23(21)24)28(20)12-15-10-16(36-38(30,31)32)6-8-19(15)37-39(33,34)35/h5-10H,2-4,11-12H2,1H3,(H2,24,26)(H2,30,31,32)(H2,33,34,35). The molecule has 2 heterocycles. The minimum absolute atomic E-state index is 0.0705. The number of nitrogens with zero attached hydrogens (tertiary/aromatic N) is 4. The van der Waals surface area contributed by atoms with Crippen LogP contribution in [-0.2, 0) is 33.4 Å². The maximum atomic E-state index is 11.7. The predicted molar refractivity (Wildman–Crippen MR) is 141 cm³/mol. The number of carbonyl (C=O) groups excluding carboxylic acids is 1. The number of nitrogen functional groups attached to an aromatic ring is 1. The zero-order valence-electron chi connectivity index (χ0n) is 20.6. The molecule has 16 heteroatoms. The highest BCUT2D eigenvalue weighted by molar-refractivity contribution is 7.47. The molecule has 6 N–H and O–H groups in total. The second kappa shape index (κ2) is 11.3. The zero-order valence-corrected chi connectivity index (χ0v) is 22.4. The monoisotopic (exact) mass is 577 g/mol. The van der Waals surface area contributed by atoms with Crippen molar-refractivity contribution < 1.29 is 42.5 Å². The van der Waals surface area contributed by atoms with Crippen LogP contribution in [0.3, 0.4) is 0 Å². The second-order valence-electron chi connectivity index (χ2n) is 8.60. The Bertz CT molecular complexity index is 1690. The number of isocyanates is 1. The van der Waals surface area contributed by atoms with Gasteiger partial charge >= 0.3 is 15.6 Å². The molecule has 0 aliphatic heterocycles. The molecule has 39 heavy (non-hydrogen) atoms. The first-order valence-electron chi connectivity index (χ1n) is 11.6. The van der Waals surface area contributed by atoms with Gasteiger partial charge in [0.15, 0.2) is 5.82 Å². The topological polar surface area (TPSA) is 220 Å². The fourth-order valence-electron chi connectivity index (χ4n) is 4.18. The molecule has 4 aromatic rings. The molecule has 0 atom stereocenters. The number of phosphoric acid groups is 2. The molecule has 0 fully saturated rings. The van der Waals surface area contributed by atoms with E-state index < -0.39 is 15.6 Å². The first kappa shape index (κ1) is 28.4. The third kappa shape index (κ3) is 6.89. The fourth-order valence-corrected chi connectivity index (χ4v) is 5.00. The molecular weight excluding hydrogens is 552 g/mol. The van der Waals surface area contributed by atoms with Crippen LogP contribution in [0.25, 0.3) is 21.9 Å². The average Bonchev–Trinajstić information content (AvgIpc) is 3.20. The number of phosphoric ester groups is 2. The molecule has 0 amide bonds. The van der Waals surface area contributed by atoms with Crippen molar-refractivity contribution in [1.29, 1.82) is 0 Å². The van der Waals surface area contributed by atoms with Crippen LogP contribution in [-0.4, -0.2) is 40.2 Å². The zero-order chi connectivity index (χ0) is 28.4. The van der Waals surface area contributed by atoms with Crippen LogP contribution in [0.2, 0.25) is 0 Å². The predicted octanol–water partition coefficient (Wildman–Crippen LogP) is 3.34. The fraction of sp³-hybridized carbons (Fsp3) is 0.261. The number of hydrogen-bond acceptors (Lipinski definition) is 9. The summed E-state index contributed by atoms with van der Waals surface area (Å²) >= 11 is 0. The maximum Gasteiger partial charge on any atom is 0.524 e. The van der Waals surface area contributed by atoms with Crippen molar-refractivity contribution in [3.8, 4) is 11.5 Å². The summed E-state index contributed by atoms with van der Waals surface area (Å²) in [6, 6.07) is 8.77. The van der Waals surface area contributed by atoms with E-state index in [0.29, 0.717) is 39.7 Å². The maximum absolute atomic E-state index is 11.7. The molecule has 206 valence electrons. The van der Waals surface area contributed by atoms with E-state index in [9.17, 15) is 33.5 Å². The Labute approximate surface area is 221 Å². The number of aryl methyl sites for hydroxylation is 1. The van der Waals surface area contributed by atoms with E-state index in [0.717, 1.165) is 25.0 Å². The minimum atomic E-state index is -4.99. The van der Waals surface area contributed by atoms with Gasteiger partial charge < -0.3 is 19.3 Å². The van der Waals surface area contributed by atoms with E-state index in [-0.39, 0.29) is 36.0 Å². The first-order chi connectivity index (χ1) is 18.4. The van der Waals surface area contributed by atoms with Gasteiger partial charge in [-0.1, -0.05) is 25.5 Å². The highest BCUT2D eigenvalue weighted by Crippen LogP contribution is 2.43. The number of unbranched alkanes of at least 4 members (excludes halogenated alkanes) is 1. The van der Waals surface area contributed by atoms with Gasteiger partial charge in [0, 0.05) is 17.4 Å². The lowest BCUT2D eigenvalue weighted by Gasteiger charge is -2.17. The van der Waals surface area contributed by atoms with Gasteiger partial charge in [-0.15, -0.1) is 0 Å². The molecule has 0 spiro atoms. The second-order valence-corrected chi connectivity index (χ2v) is 10.9. The Morgan fingerprint density at radius 3 is 2.46 bits per heavy atom. The van der Waals surface area contributed by atoms with Crippen LogP contribution in [0.5, 0.6) is 11.5 Å². The molecule has 0 radical (unpaired) electrons. The number of hydrogen-bond donors (Lipinski definition) is 5. The van der Waals surface area contributed by atoms with Crippen LogP contribution in [0, 0.1) is 0 Å². The van der Waals surface area contributed by atoms with E-state index in [1.165, 1.54) is 12.1 Å². The molecule has 0 saturated carbocycles. The summed E-state index contributed by atoms with van der Waals surface area (Å²) in [6.45, 7) is 2.05. The number of anilines is 1. The summed E-state index contributed by atoms with van der Waals surface area (Å²) in [6.07, 6.45) is 3.66.